The highest BCUT2D eigenvalue weighted by Crippen LogP contribution is 2.43. The fourth-order valence-corrected chi connectivity index (χ4v) is 8.22. The Balaban J connectivity index is 3.99. The SMILES string of the molecule is CCC/C=C\C/C=C\CCCCCCCC(=O)OC(COCCCCCCCCCCCCCCCCCCCCCCCCCCCC)COP(=O)(O)OCC[N+](C)(C)C. The van der Waals surface area contributed by atoms with Gasteiger partial charge in [0.15, 0.2) is 0 Å². The number of phosphoric acid groups is 1. The third-order valence-electron chi connectivity index (χ3n) is 11.5. The van der Waals surface area contributed by atoms with Crippen molar-refractivity contribution in [2.45, 2.75) is 251 Å². The van der Waals surface area contributed by atoms with Gasteiger partial charge in [0.05, 0.1) is 34.4 Å². The van der Waals surface area contributed by atoms with Crippen molar-refractivity contribution in [2.24, 2.45) is 0 Å². The molecule has 0 aliphatic heterocycles. The van der Waals surface area contributed by atoms with E-state index in [1.165, 1.54) is 161 Å². The fraction of sp³-hybridized carbons (Fsp3) is 0.904. The topological polar surface area (TPSA) is 91.3 Å². The summed E-state index contributed by atoms with van der Waals surface area (Å²) < 4.78 is 35.1. The van der Waals surface area contributed by atoms with Crippen molar-refractivity contribution < 1.29 is 37.3 Å². The van der Waals surface area contributed by atoms with E-state index in [4.69, 9.17) is 18.5 Å². The van der Waals surface area contributed by atoms with Crippen LogP contribution < -0.4 is 0 Å². The predicted octanol–water partition coefficient (Wildman–Crippen LogP) is 16.0. The van der Waals surface area contributed by atoms with Crippen molar-refractivity contribution in [3.8, 4) is 0 Å². The van der Waals surface area contributed by atoms with E-state index in [2.05, 4.69) is 38.2 Å². The Labute approximate surface area is 379 Å². The second-order valence-corrected chi connectivity index (χ2v) is 20.4. The van der Waals surface area contributed by atoms with E-state index in [0.717, 1.165) is 64.2 Å². The number of rotatable bonds is 49. The number of phosphoric ester groups is 1. The molecule has 0 fully saturated rings. The van der Waals surface area contributed by atoms with E-state index in [9.17, 15) is 14.3 Å². The highest BCUT2D eigenvalue weighted by molar-refractivity contribution is 7.47. The normalized spacial score (nSPS) is 13.7. The Hall–Kier alpha value is -1.02. The minimum atomic E-state index is -4.28. The van der Waals surface area contributed by atoms with E-state index in [1.54, 1.807) is 0 Å². The highest BCUT2D eigenvalue weighted by Gasteiger charge is 2.26. The molecule has 61 heavy (non-hydrogen) atoms. The lowest BCUT2D eigenvalue weighted by Crippen LogP contribution is -2.37. The highest BCUT2D eigenvalue weighted by atomic mass is 31.2. The molecule has 0 rings (SSSR count). The van der Waals surface area contributed by atoms with Crippen LogP contribution in [-0.2, 0) is 27.9 Å². The molecule has 0 radical (unpaired) electrons. The van der Waals surface area contributed by atoms with E-state index < -0.39 is 13.9 Å². The first kappa shape index (κ1) is 60.0. The molecule has 0 heterocycles. The molecule has 0 spiro atoms. The largest absolute Gasteiger partial charge is 0.472 e. The van der Waals surface area contributed by atoms with Gasteiger partial charge in [-0.25, -0.2) is 4.57 Å². The van der Waals surface area contributed by atoms with Gasteiger partial charge in [-0.3, -0.25) is 13.8 Å². The molecule has 0 aromatic carbocycles. The first-order chi connectivity index (χ1) is 29.6. The van der Waals surface area contributed by atoms with Crippen LogP contribution in [-0.4, -0.2) is 75.6 Å². The van der Waals surface area contributed by atoms with E-state index in [1.807, 2.05) is 21.1 Å². The van der Waals surface area contributed by atoms with Crippen LogP contribution in [0.3, 0.4) is 0 Å². The average Bonchev–Trinajstić information content (AvgIpc) is 3.22. The molecule has 362 valence electrons. The molecule has 1 N–H and O–H groups in total. The molecule has 0 aliphatic rings. The molecule has 2 atom stereocenters. The van der Waals surface area contributed by atoms with Crippen LogP contribution in [0.2, 0.25) is 0 Å². The molecular formula is C52H103NO7P+. The number of carbonyl (C=O) groups is 1. The summed E-state index contributed by atoms with van der Waals surface area (Å²) in [6.45, 7) is 5.59. The molecule has 0 saturated carbocycles. The molecule has 8 nitrogen and oxygen atoms in total. The molecule has 0 aromatic heterocycles. The number of unbranched alkanes of at least 4 members (excludes halogenated alkanes) is 31. The average molecular weight is 885 g/mol. The molecule has 2 unspecified atom stereocenters. The number of nitrogens with zero attached hydrogens (tertiary/aromatic N) is 1. The van der Waals surface area contributed by atoms with Gasteiger partial charge in [0.25, 0.3) is 0 Å². The summed E-state index contributed by atoms with van der Waals surface area (Å²) in [6.07, 6.45) is 53.8. The van der Waals surface area contributed by atoms with Gasteiger partial charge in [0.1, 0.15) is 19.3 Å². The number of hydrogen-bond acceptors (Lipinski definition) is 6. The summed E-state index contributed by atoms with van der Waals surface area (Å²) in [4.78, 5) is 22.9. The third-order valence-corrected chi connectivity index (χ3v) is 12.5. The number of ether oxygens (including phenoxy) is 2. The van der Waals surface area contributed by atoms with Gasteiger partial charge in [-0.05, 0) is 38.5 Å². The van der Waals surface area contributed by atoms with E-state index >= 15 is 0 Å². The van der Waals surface area contributed by atoms with Gasteiger partial charge < -0.3 is 18.9 Å². The zero-order chi connectivity index (χ0) is 44.8. The second kappa shape index (κ2) is 45.5. The van der Waals surface area contributed by atoms with Crippen molar-refractivity contribution in [3.63, 3.8) is 0 Å². The quantitative estimate of drug-likeness (QED) is 0.0214. The number of esters is 1. The number of allylic oxidation sites excluding steroid dienone is 4. The summed E-state index contributed by atoms with van der Waals surface area (Å²) in [5.74, 6) is -0.324. The number of hydrogen-bond donors (Lipinski definition) is 1. The van der Waals surface area contributed by atoms with Gasteiger partial charge in [-0.1, -0.05) is 224 Å². The number of carbonyl (C=O) groups excluding carboxylic acids is 1. The first-order valence-electron chi connectivity index (χ1n) is 26.1. The minimum Gasteiger partial charge on any atom is -0.457 e. The van der Waals surface area contributed by atoms with E-state index in [0.29, 0.717) is 24.1 Å². The van der Waals surface area contributed by atoms with Gasteiger partial charge in [-0.2, -0.15) is 0 Å². The lowest BCUT2D eigenvalue weighted by molar-refractivity contribution is -0.870. The number of quaternary nitrogens is 1. The van der Waals surface area contributed by atoms with Crippen LogP contribution in [0.4, 0.5) is 0 Å². The van der Waals surface area contributed by atoms with Crippen LogP contribution in [0.1, 0.15) is 245 Å². The Bertz CT molecular complexity index is 1030. The first-order valence-corrected chi connectivity index (χ1v) is 27.6. The maximum Gasteiger partial charge on any atom is 0.472 e. The van der Waals surface area contributed by atoms with Crippen molar-refractivity contribution in [1.29, 1.82) is 0 Å². The fourth-order valence-electron chi connectivity index (χ4n) is 7.48. The zero-order valence-corrected chi connectivity index (χ0v) is 42.1. The molecule has 0 amide bonds. The Morgan fingerprint density at radius 3 is 1.39 bits per heavy atom. The molecule has 0 bridgehead atoms. The van der Waals surface area contributed by atoms with Gasteiger partial charge in [-0.15, -0.1) is 0 Å². The van der Waals surface area contributed by atoms with Gasteiger partial charge >= 0.3 is 13.8 Å². The molecule has 0 aromatic rings. The second-order valence-electron chi connectivity index (χ2n) is 18.9. The standard InChI is InChI=1S/C52H102NO7P/c1-6-8-10-12-14-16-18-20-21-22-23-24-25-26-27-28-29-30-31-32-34-36-38-40-42-44-47-57-49-51(50-59-61(55,56)58-48-46-53(3,4)5)60-52(54)45-43-41-39-37-35-33-19-17-15-13-11-9-7-2/h11,13,17,19,51H,6-10,12,14-16,18,20-50H2,1-5H3/p+1/b13-11-,19-17-. The molecular weight excluding hydrogens is 782 g/mol. The summed E-state index contributed by atoms with van der Waals surface area (Å²) in [6, 6.07) is 0. The van der Waals surface area contributed by atoms with Crippen LogP contribution in [0.25, 0.3) is 0 Å². The zero-order valence-electron chi connectivity index (χ0n) is 41.2. The monoisotopic (exact) mass is 885 g/mol. The lowest BCUT2D eigenvalue weighted by Gasteiger charge is -2.24. The Kier molecular flexibility index (Phi) is 44.8. The number of likely N-dealkylation sites (N-methyl/N-ethyl adjacent to an activating group) is 1. The Morgan fingerprint density at radius 2 is 0.934 bits per heavy atom. The smallest absolute Gasteiger partial charge is 0.457 e. The summed E-state index contributed by atoms with van der Waals surface area (Å²) in [5, 5.41) is 0. The van der Waals surface area contributed by atoms with Crippen molar-refractivity contribution in [1.82, 2.24) is 0 Å². The van der Waals surface area contributed by atoms with Crippen molar-refractivity contribution in [3.05, 3.63) is 24.3 Å². The van der Waals surface area contributed by atoms with Gasteiger partial charge in [0.2, 0.25) is 0 Å². The maximum atomic E-state index is 12.7. The van der Waals surface area contributed by atoms with Crippen LogP contribution in [0.15, 0.2) is 24.3 Å². The van der Waals surface area contributed by atoms with Crippen molar-refractivity contribution >= 4 is 13.8 Å². The van der Waals surface area contributed by atoms with Crippen LogP contribution in [0, 0.1) is 0 Å². The van der Waals surface area contributed by atoms with E-state index in [-0.39, 0.29) is 25.8 Å². The molecule has 0 saturated heterocycles. The van der Waals surface area contributed by atoms with Gasteiger partial charge in [0, 0.05) is 13.0 Å². The molecule has 9 heteroatoms. The van der Waals surface area contributed by atoms with Crippen molar-refractivity contribution in [2.75, 3.05) is 54.1 Å². The predicted molar refractivity (Wildman–Crippen MR) is 261 cm³/mol. The summed E-state index contributed by atoms with van der Waals surface area (Å²) in [5.41, 5.74) is 0. The third kappa shape index (κ3) is 49.8. The minimum absolute atomic E-state index is 0.0878. The Morgan fingerprint density at radius 1 is 0.508 bits per heavy atom. The van der Waals surface area contributed by atoms with Crippen LogP contribution in [0.5, 0.6) is 0 Å². The van der Waals surface area contributed by atoms with Crippen LogP contribution >= 0.6 is 7.82 Å². The summed E-state index contributed by atoms with van der Waals surface area (Å²) >= 11 is 0. The maximum absolute atomic E-state index is 12.7. The lowest BCUT2D eigenvalue weighted by atomic mass is 10.0. The summed E-state index contributed by atoms with van der Waals surface area (Å²) in [7, 11) is 1.67. The molecule has 0 aliphatic carbocycles.